The Labute approximate surface area is 115 Å². The molecule has 0 spiro atoms. The van der Waals surface area contributed by atoms with E-state index in [1.54, 1.807) is 0 Å². The van der Waals surface area contributed by atoms with Gasteiger partial charge in [-0.2, -0.15) is 0 Å². The average Bonchev–Trinajstić information content (AvgIpc) is 2.46. The van der Waals surface area contributed by atoms with Gasteiger partial charge in [-0.1, -0.05) is 24.3 Å². The minimum absolute atomic E-state index is 0.887. The van der Waals surface area contributed by atoms with Crippen molar-refractivity contribution < 1.29 is 0 Å². The molecule has 0 aliphatic rings. The summed E-state index contributed by atoms with van der Waals surface area (Å²) in [4.78, 5) is 6.73. The van der Waals surface area contributed by atoms with Crippen LogP contribution < -0.4 is 10.2 Å². The van der Waals surface area contributed by atoms with E-state index in [1.165, 1.54) is 16.8 Å². The fourth-order valence-corrected chi connectivity index (χ4v) is 2.17. The second kappa shape index (κ2) is 6.23. The van der Waals surface area contributed by atoms with Crippen molar-refractivity contribution in [2.24, 2.45) is 0 Å². The first kappa shape index (κ1) is 13.4. The standard InChI is InChI=1S/C16H21N3/c1-4-19(15-8-6-5-7-13(15)2)12-14-9-10-16(17-3)18-11-14/h5-11H,4,12H2,1-3H3,(H,17,18). The molecule has 100 valence electrons. The molecule has 1 N–H and O–H groups in total. The Morgan fingerprint density at radius 1 is 1.16 bits per heavy atom. The smallest absolute Gasteiger partial charge is 0.125 e. The normalized spacial score (nSPS) is 10.3. The highest BCUT2D eigenvalue weighted by Crippen LogP contribution is 2.21. The van der Waals surface area contributed by atoms with Gasteiger partial charge in [-0.15, -0.1) is 0 Å². The van der Waals surface area contributed by atoms with Crippen LogP contribution in [0.4, 0.5) is 11.5 Å². The van der Waals surface area contributed by atoms with Gasteiger partial charge in [-0.05, 0) is 37.1 Å². The predicted molar refractivity (Wildman–Crippen MR) is 81.7 cm³/mol. The number of hydrogen-bond acceptors (Lipinski definition) is 3. The number of anilines is 2. The Morgan fingerprint density at radius 2 is 1.95 bits per heavy atom. The minimum atomic E-state index is 0.887. The maximum absolute atomic E-state index is 4.36. The monoisotopic (exact) mass is 255 g/mol. The Hall–Kier alpha value is -2.03. The van der Waals surface area contributed by atoms with Crippen LogP contribution in [-0.2, 0) is 6.54 Å². The molecule has 0 radical (unpaired) electrons. The first-order valence-electron chi connectivity index (χ1n) is 6.68. The number of para-hydroxylation sites is 1. The van der Waals surface area contributed by atoms with E-state index in [1.807, 2.05) is 19.3 Å². The largest absolute Gasteiger partial charge is 0.373 e. The van der Waals surface area contributed by atoms with Crippen LogP contribution in [0.1, 0.15) is 18.1 Å². The summed E-state index contributed by atoms with van der Waals surface area (Å²) in [7, 11) is 1.88. The fourth-order valence-electron chi connectivity index (χ4n) is 2.17. The first-order chi connectivity index (χ1) is 9.24. The zero-order valence-corrected chi connectivity index (χ0v) is 11.9. The molecule has 2 aromatic rings. The molecule has 0 amide bonds. The molecule has 0 unspecified atom stereocenters. The molecule has 1 aromatic heterocycles. The quantitative estimate of drug-likeness (QED) is 0.887. The average molecular weight is 255 g/mol. The summed E-state index contributed by atoms with van der Waals surface area (Å²) in [6.45, 7) is 6.21. The number of aromatic nitrogens is 1. The summed E-state index contributed by atoms with van der Waals surface area (Å²) in [6.07, 6.45) is 1.94. The van der Waals surface area contributed by atoms with Crippen molar-refractivity contribution in [3.05, 3.63) is 53.7 Å². The minimum Gasteiger partial charge on any atom is -0.373 e. The molecular weight excluding hydrogens is 234 g/mol. The van der Waals surface area contributed by atoms with Crippen molar-refractivity contribution in [2.45, 2.75) is 20.4 Å². The van der Waals surface area contributed by atoms with Crippen LogP contribution >= 0.6 is 0 Å². The van der Waals surface area contributed by atoms with Crippen molar-refractivity contribution in [3.8, 4) is 0 Å². The second-order valence-corrected chi connectivity index (χ2v) is 4.60. The molecule has 19 heavy (non-hydrogen) atoms. The summed E-state index contributed by atoms with van der Waals surface area (Å²) in [5, 5.41) is 3.04. The van der Waals surface area contributed by atoms with Crippen molar-refractivity contribution >= 4 is 11.5 Å². The molecule has 0 atom stereocenters. The first-order valence-corrected chi connectivity index (χ1v) is 6.68. The lowest BCUT2D eigenvalue weighted by Gasteiger charge is -2.25. The van der Waals surface area contributed by atoms with Crippen LogP contribution in [-0.4, -0.2) is 18.6 Å². The van der Waals surface area contributed by atoms with Crippen molar-refractivity contribution in [2.75, 3.05) is 23.8 Å². The van der Waals surface area contributed by atoms with Crippen LogP contribution in [0.15, 0.2) is 42.6 Å². The molecule has 3 heteroatoms. The highest BCUT2D eigenvalue weighted by molar-refractivity contribution is 5.53. The van der Waals surface area contributed by atoms with Crippen molar-refractivity contribution in [3.63, 3.8) is 0 Å². The van der Waals surface area contributed by atoms with Gasteiger partial charge in [-0.25, -0.2) is 4.98 Å². The lowest BCUT2D eigenvalue weighted by molar-refractivity contribution is 0.824. The Morgan fingerprint density at radius 3 is 2.53 bits per heavy atom. The molecule has 1 heterocycles. The van der Waals surface area contributed by atoms with Crippen LogP contribution in [0, 0.1) is 6.92 Å². The SMILES string of the molecule is CCN(Cc1ccc(NC)nc1)c1ccccc1C. The summed E-state index contributed by atoms with van der Waals surface area (Å²) in [5.74, 6) is 0.905. The van der Waals surface area contributed by atoms with E-state index >= 15 is 0 Å². The molecule has 0 fully saturated rings. The third-order valence-corrected chi connectivity index (χ3v) is 3.29. The molecular formula is C16H21N3. The molecule has 1 aromatic carbocycles. The van der Waals surface area contributed by atoms with Gasteiger partial charge in [-0.3, -0.25) is 0 Å². The zero-order valence-electron chi connectivity index (χ0n) is 11.9. The van der Waals surface area contributed by atoms with E-state index < -0.39 is 0 Å². The highest BCUT2D eigenvalue weighted by atomic mass is 15.1. The Bertz CT molecular complexity index is 520. The van der Waals surface area contributed by atoms with Crippen LogP contribution in [0.3, 0.4) is 0 Å². The predicted octanol–water partition coefficient (Wildman–Crippen LogP) is 3.46. The Kier molecular flexibility index (Phi) is 4.39. The van der Waals surface area contributed by atoms with E-state index in [9.17, 15) is 0 Å². The Balaban J connectivity index is 2.17. The number of benzene rings is 1. The number of hydrogen-bond donors (Lipinski definition) is 1. The maximum atomic E-state index is 4.36. The van der Waals surface area contributed by atoms with Gasteiger partial charge < -0.3 is 10.2 Å². The fraction of sp³-hybridized carbons (Fsp3) is 0.312. The van der Waals surface area contributed by atoms with Gasteiger partial charge in [0.15, 0.2) is 0 Å². The number of nitrogens with one attached hydrogen (secondary N) is 1. The second-order valence-electron chi connectivity index (χ2n) is 4.60. The number of aryl methyl sites for hydroxylation is 1. The van der Waals surface area contributed by atoms with E-state index in [2.05, 4.69) is 59.4 Å². The summed E-state index contributed by atoms with van der Waals surface area (Å²) >= 11 is 0. The molecule has 0 saturated carbocycles. The number of pyridine rings is 1. The summed E-state index contributed by atoms with van der Waals surface area (Å²) in [5.41, 5.74) is 3.83. The van der Waals surface area contributed by atoms with Gasteiger partial charge in [0, 0.05) is 32.0 Å². The van der Waals surface area contributed by atoms with E-state index in [0.29, 0.717) is 0 Å². The van der Waals surface area contributed by atoms with E-state index in [-0.39, 0.29) is 0 Å². The molecule has 0 saturated heterocycles. The van der Waals surface area contributed by atoms with Gasteiger partial charge in [0.2, 0.25) is 0 Å². The molecule has 3 nitrogen and oxygen atoms in total. The summed E-state index contributed by atoms with van der Waals surface area (Å²) < 4.78 is 0. The van der Waals surface area contributed by atoms with Gasteiger partial charge >= 0.3 is 0 Å². The number of rotatable bonds is 5. The lowest BCUT2D eigenvalue weighted by Crippen LogP contribution is -2.22. The third-order valence-electron chi connectivity index (χ3n) is 3.29. The zero-order chi connectivity index (χ0) is 13.7. The van der Waals surface area contributed by atoms with Gasteiger partial charge in [0.1, 0.15) is 5.82 Å². The highest BCUT2D eigenvalue weighted by Gasteiger charge is 2.07. The van der Waals surface area contributed by atoms with Crippen LogP contribution in [0.5, 0.6) is 0 Å². The summed E-state index contributed by atoms with van der Waals surface area (Å²) in [6, 6.07) is 12.6. The van der Waals surface area contributed by atoms with Crippen molar-refractivity contribution in [1.82, 2.24) is 4.98 Å². The molecule has 0 bridgehead atoms. The number of nitrogens with zero attached hydrogens (tertiary/aromatic N) is 2. The van der Waals surface area contributed by atoms with E-state index in [0.717, 1.165) is 18.9 Å². The van der Waals surface area contributed by atoms with E-state index in [4.69, 9.17) is 0 Å². The van der Waals surface area contributed by atoms with Crippen molar-refractivity contribution in [1.29, 1.82) is 0 Å². The molecule has 2 rings (SSSR count). The van der Waals surface area contributed by atoms with Crippen LogP contribution in [0.25, 0.3) is 0 Å². The maximum Gasteiger partial charge on any atom is 0.125 e. The molecule has 0 aliphatic carbocycles. The lowest BCUT2D eigenvalue weighted by atomic mass is 10.1. The topological polar surface area (TPSA) is 28.2 Å². The van der Waals surface area contributed by atoms with Crippen LogP contribution in [0.2, 0.25) is 0 Å². The van der Waals surface area contributed by atoms with Gasteiger partial charge in [0.25, 0.3) is 0 Å². The third kappa shape index (κ3) is 3.25. The molecule has 0 aliphatic heterocycles. The van der Waals surface area contributed by atoms with Gasteiger partial charge in [0.05, 0.1) is 0 Å².